The monoisotopic (exact) mass is 441 g/mol. The molecule has 2 heterocycles. The molecule has 8 heteroatoms. The summed E-state index contributed by atoms with van der Waals surface area (Å²) in [7, 11) is 0. The second kappa shape index (κ2) is 8.60. The highest BCUT2D eigenvalue weighted by Crippen LogP contribution is 2.29. The average molecular weight is 442 g/mol. The molecule has 5 aromatic rings. The van der Waals surface area contributed by atoms with Crippen LogP contribution in [0.15, 0.2) is 72.8 Å². The summed E-state index contributed by atoms with van der Waals surface area (Å²) < 4.78 is 0.878. The minimum absolute atomic E-state index is 0.0908. The van der Waals surface area contributed by atoms with Crippen LogP contribution in [0.3, 0.4) is 0 Å². The minimum Gasteiger partial charge on any atom is -0.342 e. The number of fused-ring (bicyclic) bond motifs is 2. The minimum atomic E-state index is -0.205. The van der Waals surface area contributed by atoms with Crippen molar-refractivity contribution in [2.75, 3.05) is 10.6 Å². The van der Waals surface area contributed by atoms with E-state index in [0.717, 1.165) is 27.1 Å². The first kappa shape index (κ1) is 19.9. The third-order valence-electron chi connectivity index (χ3n) is 4.96. The number of carbonyl (C=O) groups excluding carboxylic acids is 2. The van der Waals surface area contributed by atoms with Gasteiger partial charge in [-0.15, -0.1) is 0 Å². The van der Waals surface area contributed by atoms with Crippen molar-refractivity contribution in [2.45, 2.75) is 12.8 Å². The Labute approximate surface area is 187 Å². The fraction of sp³-hybridized carbons (Fsp3) is 0.0833. The zero-order chi connectivity index (χ0) is 21.9. The Morgan fingerprint density at radius 3 is 2.53 bits per heavy atom. The number of para-hydroxylation sites is 2. The lowest BCUT2D eigenvalue weighted by atomic mass is 10.2. The first-order valence-electron chi connectivity index (χ1n) is 10.1. The van der Waals surface area contributed by atoms with E-state index >= 15 is 0 Å². The van der Waals surface area contributed by atoms with Gasteiger partial charge in [0.25, 0.3) is 5.91 Å². The van der Waals surface area contributed by atoms with Gasteiger partial charge in [0.15, 0.2) is 5.13 Å². The van der Waals surface area contributed by atoms with Crippen LogP contribution in [-0.4, -0.2) is 26.8 Å². The molecule has 3 aromatic carbocycles. The van der Waals surface area contributed by atoms with Crippen LogP contribution in [0.2, 0.25) is 0 Å². The molecule has 0 bridgehead atoms. The van der Waals surface area contributed by atoms with Crippen LogP contribution < -0.4 is 10.6 Å². The molecular formula is C24H19N5O2S. The third-order valence-corrected chi connectivity index (χ3v) is 5.89. The highest BCUT2D eigenvalue weighted by Gasteiger charge is 2.11. The number of imidazole rings is 1. The second-order valence-electron chi connectivity index (χ2n) is 7.27. The molecule has 0 saturated carbocycles. The Balaban J connectivity index is 1.22. The Morgan fingerprint density at radius 2 is 1.69 bits per heavy atom. The number of anilines is 2. The summed E-state index contributed by atoms with van der Waals surface area (Å²) in [5, 5.41) is 6.27. The maximum atomic E-state index is 12.4. The molecule has 0 atom stereocenters. The summed E-state index contributed by atoms with van der Waals surface area (Å²) in [6.45, 7) is 0. The van der Waals surface area contributed by atoms with Gasteiger partial charge in [0.05, 0.1) is 21.3 Å². The molecule has 0 saturated heterocycles. The first-order chi connectivity index (χ1) is 15.6. The quantitative estimate of drug-likeness (QED) is 0.345. The summed E-state index contributed by atoms with van der Waals surface area (Å²) >= 11 is 1.36. The maximum absolute atomic E-state index is 12.4. The van der Waals surface area contributed by atoms with Crippen LogP contribution >= 0.6 is 11.3 Å². The first-order valence-corrected chi connectivity index (χ1v) is 11.0. The number of H-pyrrole nitrogens is 1. The van der Waals surface area contributed by atoms with E-state index in [2.05, 4.69) is 25.6 Å². The van der Waals surface area contributed by atoms with Crippen LogP contribution in [0.1, 0.15) is 22.6 Å². The number of aromatic nitrogens is 3. The fourth-order valence-electron chi connectivity index (χ4n) is 3.39. The molecule has 0 aliphatic heterocycles. The number of amides is 2. The lowest BCUT2D eigenvalue weighted by molar-refractivity contribution is -0.116. The molecule has 158 valence electrons. The summed E-state index contributed by atoms with van der Waals surface area (Å²) in [5.74, 6) is 0.494. The van der Waals surface area contributed by atoms with Crippen molar-refractivity contribution in [2.24, 2.45) is 0 Å². The molecule has 3 N–H and O–H groups in total. The average Bonchev–Trinajstić information content (AvgIpc) is 3.41. The van der Waals surface area contributed by atoms with Crippen LogP contribution in [0, 0.1) is 0 Å². The van der Waals surface area contributed by atoms with Gasteiger partial charge >= 0.3 is 0 Å². The SMILES string of the molecule is O=C(CCc1nc2ccccc2[nH]1)Nc1ccc2nc(NC(=O)c3ccccc3)sc2c1. The molecule has 2 amide bonds. The lowest BCUT2D eigenvalue weighted by Gasteiger charge is -2.04. The van der Waals surface area contributed by atoms with E-state index in [1.807, 2.05) is 60.7 Å². The number of aryl methyl sites for hydroxylation is 1. The molecule has 0 radical (unpaired) electrons. The van der Waals surface area contributed by atoms with Crippen LogP contribution in [-0.2, 0) is 11.2 Å². The summed E-state index contributed by atoms with van der Waals surface area (Å²) in [6, 6.07) is 22.3. The summed E-state index contributed by atoms with van der Waals surface area (Å²) in [4.78, 5) is 37.0. The molecular weight excluding hydrogens is 422 g/mol. The van der Waals surface area contributed by atoms with Gasteiger partial charge < -0.3 is 10.3 Å². The number of aromatic amines is 1. The lowest BCUT2D eigenvalue weighted by Crippen LogP contribution is -2.12. The Bertz CT molecular complexity index is 1390. The van der Waals surface area contributed by atoms with Crippen molar-refractivity contribution in [1.82, 2.24) is 15.0 Å². The molecule has 0 aliphatic carbocycles. The Morgan fingerprint density at radius 1 is 0.875 bits per heavy atom. The van der Waals surface area contributed by atoms with E-state index in [-0.39, 0.29) is 11.8 Å². The van der Waals surface area contributed by atoms with E-state index < -0.39 is 0 Å². The number of hydrogen-bond acceptors (Lipinski definition) is 5. The number of rotatable bonds is 6. The maximum Gasteiger partial charge on any atom is 0.257 e. The number of benzene rings is 3. The summed E-state index contributed by atoms with van der Waals surface area (Å²) in [5.41, 5.74) is 3.89. The van der Waals surface area contributed by atoms with Crippen molar-refractivity contribution in [3.63, 3.8) is 0 Å². The van der Waals surface area contributed by atoms with Gasteiger partial charge in [-0.05, 0) is 42.5 Å². The van der Waals surface area contributed by atoms with Crippen molar-refractivity contribution in [3.8, 4) is 0 Å². The second-order valence-corrected chi connectivity index (χ2v) is 8.30. The molecule has 0 aliphatic rings. The molecule has 0 spiro atoms. The number of nitrogens with one attached hydrogen (secondary N) is 3. The third kappa shape index (κ3) is 4.35. The van der Waals surface area contributed by atoms with E-state index in [4.69, 9.17) is 0 Å². The summed E-state index contributed by atoms with van der Waals surface area (Å²) in [6.07, 6.45) is 0.845. The molecule has 2 aromatic heterocycles. The van der Waals surface area contributed by atoms with Crippen molar-refractivity contribution in [1.29, 1.82) is 0 Å². The van der Waals surface area contributed by atoms with Gasteiger partial charge in [-0.25, -0.2) is 9.97 Å². The Hall–Kier alpha value is -4.04. The smallest absolute Gasteiger partial charge is 0.257 e. The van der Waals surface area contributed by atoms with E-state index in [1.165, 1.54) is 11.3 Å². The zero-order valence-electron chi connectivity index (χ0n) is 17.0. The van der Waals surface area contributed by atoms with Gasteiger partial charge in [-0.3, -0.25) is 14.9 Å². The predicted molar refractivity (Wildman–Crippen MR) is 127 cm³/mol. The van der Waals surface area contributed by atoms with Gasteiger partial charge in [-0.2, -0.15) is 0 Å². The van der Waals surface area contributed by atoms with E-state index in [9.17, 15) is 9.59 Å². The molecule has 0 fully saturated rings. The standard InChI is InChI=1S/C24H19N5O2S/c30-22(13-12-21-26-17-8-4-5-9-18(17)27-21)25-16-10-11-19-20(14-16)32-24(28-19)29-23(31)15-6-2-1-3-7-15/h1-11,14H,12-13H2,(H,25,30)(H,26,27)(H,28,29,31). The van der Waals surface area contributed by atoms with Gasteiger partial charge in [0, 0.05) is 24.1 Å². The van der Waals surface area contributed by atoms with Crippen LogP contribution in [0.25, 0.3) is 21.3 Å². The number of thiazole rings is 1. The molecule has 7 nitrogen and oxygen atoms in total. The Kier molecular flexibility index (Phi) is 5.35. The molecule has 5 rings (SSSR count). The van der Waals surface area contributed by atoms with Crippen LogP contribution in [0.5, 0.6) is 0 Å². The topological polar surface area (TPSA) is 99.8 Å². The highest BCUT2D eigenvalue weighted by atomic mass is 32.1. The van der Waals surface area contributed by atoms with Crippen molar-refractivity contribution < 1.29 is 9.59 Å². The number of carbonyl (C=O) groups is 2. The highest BCUT2D eigenvalue weighted by molar-refractivity contribution is 7.22. The van der Waals surface area contributed by atoms with Crippen molar-refractivity contribution in [3.05, 3.63) is 84.2 Å². The fourth-order valence-corrected chi connectivity index (χ4v) is 4.29. The number of hydrogen-bond donors (Lipinski definition) is 3. The van der Waals surface area contributed by atoms with Crippen LogP contribution in [0.4, 0.5) is 10.8 Å². The van der Waals surface area contributed by atoms with Gasteiger partial charge in [0.1, 0.15) is 5.82 Å². The molecule has 0 unspecified atom stereocenters. The zero-order valence-corrected chi connectivity index (χ0v) is 17.8. The van der Waals surface area contributed by atoms with E-state index in [1.54, 1.807) is 12.1 Å². The largest absolute Gasteiger partial charge is 0.342 e. The molecule has 32 heavy (non-hydrogen) atoms. The van der Waals surface area contributed by atoms with Gasteiger partial charge in [0.2, 0.25) is 5.91 Å². The number of nitrogens with zero attached hydrogens (tertiary/aromatic N) is 2. The van der Waals surface area contributed by atoms with Crippen molar-refractivity contribution >= 4 is 55.2 Å². The predicted octanol–water partition coefficient (Wildman–Crippen LogP) is 5.00. The van der Waals surface area contributed by atoms with Gasteiger partial charge in [-0.1, -0.05) is 41.7 Å². The van der Waals surface area contributed by atoms with E-state index in [0.29, 0.717) is 29.2 Å². The normalized spacial score (nSPS) is 11.0.